The van der Waals surface area contributed by atoms with Gasteiger partial charge in [-0.15, -0.1) is 0 Å². The van der Waals surface area contributed by atoms with Crippen molar-refractivity contribution in [3.05, 3.63) is 0 Å². The van der Waals surface area contributed by atoms with Gasteiger partial charge in [0.15, 0.2) is 0 Å². The van der Waals surface area contributed by atoms with E-state index in [0.29, 0.717) is 12.2 Å². The number of hydrogen-bond donors (Lipinski definition) is 0. The highest BCUT2D eigenvalue weighted by atomic mass is 16.6. The average Bonchev–Trinajstić information content (AvgIpc) is 2.80. The lowest BCUT2D eigenvalue weighted by Gasteiger charge is -2.19. The fraction of sp³-hybridized carbons (Fsp3) is 1.00. The first-order chi connectivity index (χ1) is 5.90. The van der Waals surface area contributed by atoms with E-state index in [2.05, 4.69) is 11.8 Å². The van der Waals surface area contributed by atoms with Crippen LogP contribution in [0.4, 0.5) is 0 Å². The van der Waals surface area contributed by atoms with Crippen LogP contribution in [-0.4, -0.2) is 36.7 Å². The minimum absolute atomic E-state index is 0.636. The third-order valence-electron chi connectivity index (χ3n) is 2.98. The fourth-order valence-corrected chi connectivity index (χ4v) is 2.02. The molecule has 2 heteroatoms. The molecule has 2 atom stereocenters. The van der Waals surface area contributed by atoms with Gasteiger partial charge in [-0.05, 0) is 25.8 Å². The lowest BCUT2D eigenvalue weighted by atomic mass is 10.2. The Balaban J connectivity index is 1.69. The monoisotopic (exact) mass is 169 g/mol. The van der Waals surface area contributed by atoms with E-state index in [9.17, 15) is 0 Å². The molecule has 2 rings (SSSR count). The smallest absolute Gasteiger partial charge is 0.0854 e. The van der Waals surface area contributed by atoms with Crippen LogP contribution in [-0.2, 0) is 4.74 Å². The van der Waals surface area contributed by atoms with Crippen LogP contribution in [0.25, 0.3) is 0 Å². The zero-order chi connectivity index (χ0) is 8.39. The SMILES string of the molecule is CCCCN1CCC2OC2CC1. The first-order valence-electron chi connectivity index (χ1n) is 5.28. The summed E-state index contributed by atoms with van der Waals surface area (Å²) in [7, 11) is 0. The van der Waals surface area contributed by atoms with E-state index in [-0.39, 0.29) is 0 Å². The predicted octanol–water partition coefficient (Wildman–Crippen LogP) is 1.65. The van der Waals surface area contributed by atoms with Gasteiger partial charge in [0, 0.05) is 13.1 Å². The van der Waals surface area contributed by atoms with Gasteiger partial charge < -0.3 is 9.64 Å². The highest BCUT2D eigenvalue weighted by molar-refractivity contribution is 4.89. The van der Waals surface area contributed by atoms with E-state index in [1.54, 1.807) is 0 Å². The van der Waals surface area contributed by atoms with Crippen LogP contribution in [0.2, 0.25) is 0 Å². The number of epoxide rings is 1. The number of likely N-dealkylation sites (tertiary alicyclic amines) is 1. The van der Waals surface area contributed by atoms with E-state index in [4.69, 9.17) is 4.74 Å². The Morgan fingerprint density at radius 3 is 2.50 bits per heavy atom. The molecule has 2 aliphatic rings. The molecule has 0 aromatic carbocycles. The third kappa shape index (κ3) is 1.99. The summed E-state index contributed by atoms with van der Waals surface area (Å²) in [5, 5.41) is 0. The van der Waals surface area contributed by atoms with Gasteiger partial charge in [-0.25, -0.2) is 0 Å². The van der Waals surface area contributed by atoms with Crippen molar-refractivity contribution in [3.8, 4) is 0 Å². The summed E-state index contributed by atoms with van der Waals surface area (Å²) < 4.78 is 5.48. The highest BCUT2D eigenvalue weighted by Crippen LogP contribution is 2.31. The minimum Gasteiger partial charge on any atom is -0.369 e. The molecule has 0 saturated carbocycles. The molecule has 2 heterocycles. The molecular formula is C10H19NO. The Morgan fingerprint density at radius 1 is 1.25 bits per heavy atom. The zero-order valence-electron chi connectivity index (χ0n) is 7.96. The van der Waals surface area contributed by atoms with Gasteiger partial charge in [0.05, 0.1) is 12.2 Å². The second-order valence-electron chi connectivity index (χ2n) is 3.99. The average molecular weight is 169 g/mol. The second kappa shape index (κ2) is 3.75. The Hall–Kier alpha value is -0.0800. The van der Waals surface area contributed by atoms with Gasteiger partial charge in [0.25, 0.3) is 0 Å². The van der Waals surface area contributed by atoms with E-state index in [1.807, 2.05) is 0 Å². The van der Waals surface area contributed by atoms with E-state index in [1.165, 1.54) is 45.3 Å². The van der Waals surface area contributed by atoms with Gasteiger partial charge in [-0.3, -0.25) is 0 Å². The lowest BCUT2D eigenvalue weighted by molar-refractivity contribution is 0.229. The summed E-state index contributed by atoms with van der Waals surface area (Å²) in [4.78, 5) is 2.60. The van der Waals surface area contributed by atoms with Gasteiger partial charge >= 0.3 is 0 Å². The third-order valence-corrected chi connectivity index (χ3v) is 2.98. The summed E-state index contributed by atoms with van der Waals surface area (Å²) in [5.41, 5.74) is 0. The van der Waals surface area contributed by atoms with Crippen LogP contribution < -0.4 is 0 Å². The standard InChI is InChI=1S/C10H19NO/c1-2-3-6-11-7-4-9-10(12-9)5-8-11/h9-10H,2-8H2,1H3. The first kappa shape index (κ1) is 8.52. The molecule has 70 valence electrons. The second-order valence-corrected chi connectivity index (χ2v) is 3.99. The maximum Gasteiger partial charge on any atom is 0.0854 e. The van der Waals surface area contributed by atoms with Gasteiger partial charge in [-0.1, -0.05) is 13.3 Å². The lowest BCUT2D eigenvalue weighted by Crippen LogP contribution is -2.26. The summed E-state index contributed by atoms with van der Waals surface area (Å²) in [6, 6.07) is 0. The van der Waals surface area contributed by atoms with Crippen LogP contribution in [0, 0.1) is 0 Å². The van der Waals surface area contributed by atoms with Crippen molar-refractivity contribution in [2.75, 3.05) is 19.6 Å². The van der Waals surface area contributed by atoms with Crippen molar-refractivity contribution in [1.29, 1.82) is 0 Å². The molecule has 0 aromatic rings. The van der Waals surface area contributed by atoms with Crippen LogP contribution >= 0.6 is 0 Å². The molecule has 0 aromatic heterocycles. The van der Waals surface area contributed by atoms with Crippen LogP contribution in [0.15, 0.2) is 0 Å². The van der Waals surface area contributed by atoms with Crippen LogP contribution in [0.5, 0.6) is 0 Å². The largest absolute Gasteiger partial charge is 0.369 e. The van der Waals surface area contributed by atoms with E-state index in [0.717, 1.165) is 0 Å². The minimum atomic E-state index is 0.636. The normalized spacial score (nSPS) is 35.8. The van der Waals surface area contributed by atoms with Gasteiger partial charge in [0.1, 0.15) is 0 Å². The molecule has 2 nitrogen and oxygen atoms in total. The molecule has 2 saturated heterocycles. The van der Waals surface area contributed by atoms with Crippen molar-refractivity contribution in [2.45, 2.75) is 44.8 Å². The Morgan fingerprint density at radius 2 is 1.92 bits per heavy atom. The molecule has 0 aliphatic carbocycles. The number of rotatable bonds is 3. The van der Waals surface area contributed by atoms with Crippen LogP contribution in [0.3, 0.4) is 0 Å². The molecule has 0 N–H and O–H groups in total. The summed E-state index contributed by atoms with van der Waals surface area (Å²) >= 11 is 0. The molecule has 0 bridgehead atoms. The van der Waals surface area contributed by atoms with Crippen molar-refractivity contribution >= 4 is 0 Å². The van der Waals surface area contributed by atoms with Crippen LogP contribution in [0.1, 0.15) is 32.6 Å². The molecule has 2 fully saturated rings. The summed E-state index contributed by atoms with van der Waals surface area (Å²) in [5.74, 6) is 0. The number of ether oxygens (including phenoxy) is 1. The maximum absolute atomic E-state index is 5.48. The van der Waals surface area contributed by atoms with Crippen molar-refractivity contribution in [2.24, 2.45) is 0 Å². The van der Waals surface area contributed by atoms with E-state index < -0.39 is 0 Å². The topological polar surface area (TPSA) is 15.8 Å². The Labute approximate surface area is 74.9 Å². The van der Waals surface area contributed by atoms with Crippen molar-refractivity contribution in [1.82, 2.24) is 4.90 Å². The van der Waals surface area contributed by atoms with Gasteiger partial charge in [-0.2, -0.15) is 0 Å². The number of hydrogen-bond acceptors (Lipinski definition) is 2. The van der Waals surface area contributed by atoms with Gasteiger partial charge in [0.2, 0.25) is 0 Å². The zero-order valence-corrected chi connectivity index (χ0v) is 7.96. The molecule has 2 unspecified atom stereocenters. The number of nitrogens with zero attached hydrogens (tertiary/aromatic N) is 1. The molecule has 0 spiro atoms. The maximum atomic E-state index is 5.48. The summed E-state index contributed by atoms with van der Waals surface area (Å²) in [6.07, 6.45) is 6.49. The number of unbranched alkanes of at least 4 members (excludes halogenated alkanes) is 1. The quantitative estimate of drug-likeness (QED) is 0.597. The predicted molar refractivity (Wildman–Crippen MR) is 49.2 cm³/mol. The Kier molecular flexibility index (Phi) is 2.66. The molecule has 0 amide bonds. The van der Waals surface area contributed by atoms with E-state index >= 15 is 0 Å². The number of fused-ring (bicyclic) bond motifs is 1. The molecule has 12 heavy (non-hydrogen) atoms. The first-order valence-corrected chi connectivity index (χ1v) is 5.28. The molecular weight excluding hydrogens is 150 g/mol. The fourth-order valence-electron chi connectivity index (χ4n) is 2.02. The Bertz CT molecular complexity index is 137. The molecule has 2 aliphatic heterocycles. The van der Waals surface area contributed by atoms with Crippen molar-refractivity contribution < 1.29 is 4.74 Å². The summed E-state index contributed by atoms with van der Waals surface area (Å²) in [6.45, 7) is 6.09. The highest BCUT2D eigenvalue weighted by Gasteiger charge is 2.40. The van der Waals surface area contributed by atoms with Crippen molar-refractivity contribution in [3.63, 3.8) is 0 Å². The molecule has 0 radical (unpaired) electrons.